The lowest BCUT2D eigenvalue weighted by atomic mass is 9.88. The fourth-order valence-electron chi connectivity index (χ4n) is 4.96. The SMILES string of the molecule is CCCCOc1ccc(COc2ccc(-c3csc(CN4CCC(c5cccc(C(=O)O)c5)CC4)n3)cc2)cc1. The third kappa shape index (κ3) is 7.49. The highest BCUT2D eigenvalue weighted by molar-refractivity contribution is 7.09. The first kappa shape index (κ1) is 27.9. The fourth-order valence-corrected chi connectivity index (χ4v) is 5.81. The number of thiazole rings is 1. The van der Waals surface area contributed by atoms with Crippen LogP contribution in [-0.4, -0.2) is 40.7 Å². The van der Waals surface area contributed by atoms with E-state index in [2.05, 4.69) is 35.4 Å². The van der Waals surface area contributed by atoms with Crippen LogP contribution in [0.1, 0.15) is 65.0 Å². The standard InChI is InChI=1S/C33H36N2O4S/c1-2-3-19-38-29-11-7-24(8-12-29)22-39-30-13-9-26(10-14-30)31-23-40-32(34-31)21-35-17-15-25(16-18-35)27-5-4-6-28(20-27)33(36)37/h4-14,20,23,25H,2-3,15-19,21-22H2,1H3,(H,36,37). The molecule has 0 amide bonds. The Hall–Kier alpha value is -3.68. The number of rotatable bonds is 12. The van der Waals surface area contributed by atoms with E-state index in [9.17, 15) is 9.90 Å². The number of ether oxygens (including phenoxy) is 2. The molecular weight excluding hydrogens is 520 g/mol. The van der Waals surface area contributed by atoms with Gasteiger partial charge >= 0.3 is 5.97 Å². The number of unbranched alkanes of at least 4 members (excludes halogenated alkanes) is 1. The highest BCUT2D eigenvalue weighted by atomic mass is 32.1. The van der Waals surface area contributed by atoms with E-state index < -0.39 is 5.97 Å². The average molecular weight is 557 g/mol. The molecule has 0 spiro atoms. The average Bonchev–Trinajstić information content (AvgIpc) is 3.46. The lowest BCUT2D eigenvalue weighted by Crippen LogP contribution is -2.32. The second-order valence-electron chi connectivity index (χ2n) is 10.3. The molecule has 0 saturated carbocycles. The molecule has 3 aromatic carbocycles. The third-order valence-electron chi connectivity index (χ3n) is 7.35. The number of carbonyl (C=O) groups is 1. The van der Waals surface area contributed by atoms with Crippen molar-refractivity contribution in [2.24, 2.45) is 0 Å². The van der Waals surface area contributed by atoms with Gasteiger partial charge in [0.25, 0.3) is 0 Å². The highest BCUT2D eigenvalue weighted by Crippen LogP contribution is 2.30. The molecule has 1 aliphatic heterocycles. The Morgan fingerprint density at radius 3 is 2.45 bits per heavy atom. The van der Waals surface area contributed by atoms with Crippen molar-refractivity contribution in [1.29, 1.82) is 0 Å². The maximum absolute atomic E-state index is 11.3. The Labute approximate surface area is 240 Å². The summed E-state index contributed by atoms with van der Waals surface area (Å²) >= 11 is 1.70. The molecule has 2 heterocycles. The number of benzene rings is 3. The topological polar surface area (TPSA) is 71.9 Å². The number of carboxylic acid groups (broad SMARTS) is 1. The van der Waals surface area contributed by atoms with Crippen molar-refractivity contribution in [2.75, 3.05) is 19.7 Å². The highest BCUT2D eigenvalue weighted by Gasteiger charge is 2.22. The van der Waals surface area contributed by atoms with E-state index in [0.717, 1.165) is 90.8 Å². The molecule has 0 unspecified atom stereocenters. The van der Waals surface area contributed by atoms with Gasteiger partial charge in [-0.2, -0.15) is 0 Å². The molecule has 208 valence electrons. The van der Waals surface area contributed by atoms with Crippen LogP contribution in [0.5, 0.6) is 11.5 Å². The van der Waals surface area contributed by atoms with E-state index >= 15 is 0 Å². The molecule has 1 saturated heterocycles. The Bertz CT molecular complexity index is 1380. The summed E-state index contributed by atoms with van der Waals surface area (Å²) < 4.78 is 11.7. The molecule has 0 atom stereocenters. The monoisotopic (exact) mass is 556 g/mol. The maximum atomic E-state index is 11.3. The van der Waals surface area contributed by atoms with Gasteiger partial charge in [-0.25, -0.2) is 9.78 Å². The zero-order chi connectivity index (χ0) is 27.7. The van der Waals surface area contributed by atoms with Gasteiger partial charge in [0.1, 0.15) is 23.1 Å². The van der Waals surface area contributed by atoms with Crippen LogP contribution < -0.4 is 9.47 Å². The van der Waals surface area contributed by atoms with Crippen LogP contribution in [0.4, 0.5) is 0 Å². The summed E-state index contributed by atoms with van der Waals surface area (Å²) in [7, 11) is 0. The van der Waals surface area contributed by atoms with Crippen LogP contribution in [-0.2, 0) is 13.2 Å². The molecule has 5 rings (SSSR count). The molecule has 0 bridgehead atoms. The summed E-state index contributed by atoms with van der Waals surface area (Å²) in [4.78, 5) is 18.7. The number of hydrogen-bond acceptors (Lipinski definition) is 6. The number of aromatic nitrogens is 1. The number of piperidine rings is 1. The first-order valence-corrected chi connectivity index (χ1v) is 14.9. The number of aromatic carboxylic acids is 1. The van der Waals surface area contributed by atoms with E-state index in [1.807, 2.05) is 48.5 Å². The lowest BCUT2D eigenvalue weighted by Gasteiger charge is -2.31. The summed E-state index contributed by atoms with van der Waals surface area (Å²) in [5.74, 6) is 1.28. The van der Waals surface area contributed by atoms with Gasteiger partial charge in [-0.15, -0.1) is 11.3 Å². The van der Waals surface area contributed by atoms with E-state index in [-0.39, 0.29) is 0 Å². The molecule has 7 heteroatoms. The van der Waals surface area contributed by atoms with Crippen molar-refractivity contribution in [1.82, 2.24) is 9.88 Å². The van der Waals surface area contributed by atoms with Gasteiger partial charge in [0.2, 0.25) is 0 Å². The summed E-state index contributed by atoms with van der Waals surface area (Å²) in [6.07, 6.45) is 4.25. The Morgan fingerprint density at radius 2 is 1.73 bits per heavy atom. The molecular formula is C33H36N2O4S. The Morgan fingerprint density at radius 1 is 1.00 bits per heavy atom. The van der Waals surface area contributed by atoms with Gasteiger partial charge in [-0.1, -0.05) is 37.6 Å². The lowest BCUT2D eigenvalue weighted by molar-refractivity contribution is 0.0696. The minimum absolute atomic E-state index is 0.369. The summed E-state index contributed by atoms with van der Waals surface area (Å²) in [6.45, 7) is 6.23. The van der Waals surface area contributed by atoms with Crippen molar-refractivity contribution in [3.8, 4) is 22.8 Å². The number of hydrogen-bond donors (Lipinski definition) is 1. The normalized spacial score (nSPS) is 14.2. The Kier molecular flexibility index (Phi) is 9.47. The van der Waals surface area contributed by atoms with Gasteiger partial charge in [0, 0.05) is 10.9 Å². The minimum atomic E-state index is -0.865. The van der Waals surface area contributed by atoms with Crippen LogP contribution in [0.15, 0.2) is 78.2 Å². The first-order chi connectivity index (χ1) is 19.6. The second-order valence-corrected chi connectivity index (χ2v) is 11.2. The Balaban J connectivity index is 1.09. The quantitative estimate of drug-likeness (QED) is 0.181. The van der Waals surface area contributed by atoms with Crippen LogP contribution in [0, 0.1) is 0 Å². The molecule has 1 aliphatic rings. The van der Waals surface area contributed by atoms with Crippen LogP contribution >= 0.6 is 11.3 Å². The minimum Gasteiger partial charge on any atom is -0.494 e. The van der Waals surface area contributed by atoms with Crippen molar-refractivity contribution in [3.05, 3.63) is 99.9 Å². The van der Waals surface area contributed by atoms with Crippen molar-refractivity contribution < 1.29 is 19.4 Å². The van der Waals surface area contributed by atoms with Gasteiger partial charge in [-0.3, -0.25) is 4.90 Å². The van der Waals surface area contributed by atoms with Gasteiger partial charge in [0.15, 0.2) is 0 Å². The van der Waals surface area contributed by atoms with Crippen molar-refractivity contribution >= 4 is 17.3 Å². The fraction of sp³-hybridized carbons (Fsp3) is 0.333. The maximum Gasteiger partial charge on any atom is 0.335 e. The summed E-state index contributed by atoms with van der Waals surface area (Å²) in [5.41, 5.74) is 4.68. The predicted octanol–water partition coefficient (Wildman–Crippen LogP) is 7.65. The summed E-state index contributed by atoms with van der Waals surface area (Å²) in [5, 5.41) is 12.5. The van der Waals surface area contributed by atoms with Crippen LogP contribution in [0.25, 0.3) is 11.3 Å². The zero-order valence-corrected chi connectivity index (χ0v) is 23.7. The zero-order valence-electron chi connectivity index (χ0n) is 22.9. The molecule has 0 radical (unpaired) electrons. The number of nitrogens with zero attached hydrogens (tertiary/aromatic N) is 2. The second kappa shape index (κ2) is 13.6. The van der Waals surface area contributed by atoms with E-state index in [4.69, 9.17) is 14.5 Å². The molecule has 6 nitrogen and oxygen atoms in total. The predicted molar refractivity (Wildman–Crippen MR) is 159 cm³/mol. The molecule has 40 heavy (non-hydrogen) atoms. The number of carboxylic acids is 1. The van der Waals surface area contributed by atoms with Crippen LogP contribution in [0.2, 0.25) is 0 Å². The third-order valence-corrected chi connectivity index (χ3v) is 8.18. The van der Waals surface area contributed by atoms with Crippen molar-refractivity contribution in [3.63, 3.8) is 0 Å². The first-order valence-electron chi connectivity index (χ1n) is 14.0. The van der Waals surface area contributed by atoms with E-state index in [0.29, 0.717) is 18.1 Å². The molecule has 1 aromatic heterocycles. The van der Waals surface area contributed by atoms with Gasteiger partial charge in [-0.05, 0) is 97.9 Å². The molecule has 1 N–H and O–H groups in total. The van der Waals surface area contributed by atoms with Gasteiger partial charge in [0.05, 0.1) is 24.4 Å². The largest absolute Gasteiger partial charge is 0.494 e. The van der Waals surface area contributed by atoms with Crippen LogP contribution in [0.3, 0.4) is 0 Å². The van der Waals surface area contributed by atoms with Gasteiger partial charge < -0.3 is 14.6 Å². The van der Waals surface area contributed by atoms with Crippen molar-refractivity contribution in [2.45, 2.75) is 51.7 Å². The smallest absolute Gasteiger partial charge is 0.335 e. The number of likely N-dealkylation sites (tertiary alicyclic amines) is 1. The van der Waals surface area contributed by atoms with E-state index in [1.165, 1.54) is 0 Å². The molecule has 0 aliphatic carbocycles. The van der Waals surface area contributed by atoms with E-state index in [1.54, 1.807) is 17.4 Å². The molecule has 1 fully saturated rings. The molecule has 4 aromatic rings. The summed E-state index contributed by atoms with van der Waals surface area (Å²) in [6, 6.07) is 23.6.